The predicted octanol–water partition coefficient (Wildman–Crippen LogP) is 1.47. The number of nitrogens with zero attached hydrogens (tertiary/aromatic N) is 5. The summed E-state index contributed by atoms with van der Waals surface area (Å²) in [6.07, 6.45) is 1.77. The summed E-state index contributed by atoms with van der Waals surface area (Å²) in [7, 11) is -2.20. The van der Waals surface area contributed by atoms with E-state index in [1.807, 2.05) is 12.1 Å². The smallest absolute Gasteiger partial charge is 0.240 e. The van der Waals surface area contributed by atoms with Gasteiger partial charge in [0.15, 0.2) is 11.6 Å². The molecule has 1 aromatic carbocycles. The maximum absolute atomic E-state index is 12.7. The van der Waals surface area contributed by atoms with Gasteiger partial charge in [-0.1, -0.05) is 17.3 Å². The van der Waals surface area contributed by atoms with Crippen LogP contribution >= 0.6 is 0 Å². The van der Waals surface area contributed by atoms with Gasteiger partial charge >= 0.3 is 0 Å². The maximum atomic E-state index is 12.7. The van der Waals surface area contributed by atoms with Crippen LogP contribution in [0.4, 0.5) is 5.82 Å². The van der Waals surface area contributed by atoms with Gasteiger partial charge in [0.2, 0.25) is 27.6 Å². The number of pyridine rings is 1. The monoisotopic (exact) mass is 486 g/mol. The Hall–Kier alpha value is -3.51. The number of carbonyl (C=O) groups excluding carboxylic acids is 1. The first-order valence-electron chi connectivity index (χ1n) is 10.8. The third-order valence-corrected chi connectivity index (χ3v) is 6.92. The summed E-state index contributed by atoms with van der Waals surface area (Å²) in [4.78, 5) is 25.0. The molecule has 0 atom stereocenters. The van der Waals surface area contributed by atoms with Crippen molar-refractivity contribution in [1.29, 1.82) is 0 Å². The molecule has 1 amide bonds. The van der Waals surface area contributed by atoms with Crippen LogP contribution in [0.1, 0.15) is 12.3 Å². The zero-order valence-corrected chi connectivity index (χ0v) is 19.8. The van der Waals surface area contributed by atoms with Gasteiger partial charge in [0.05, 0.1) is 12.0 Å². The summed E-state index contributed by atoms with van der Waals surface area (Å²) in [6, 6.07) is 9.92. The molecule has 3 aromatic rings. The summed E-state index contributed by atoms with van der Waals surface area (Å²) in [5.74, 6) is 2.04. The Morgan fingerprint density at radius 1 is 1.18 bits per heavy atom. The molecule has 1 saturated heterocycles. The van der Waals surface area contributed by atoms with Gasteiger partial charge in [0.1, 0.15) is 0 Å². The van der Waals surface area contributed by atoms with Gasteiger partial charge in [0, 0.05) is 57.8 Å². The number of hydrogen-bond acceptors (Lipinski definition) is 9. The number of aromatic nitrogens is 3. The fourth-order valence-electron chi connectivity index (χ4n) is 3.70. The molecular weight excluding hydrogens is 460 g/mol. The van der Waals surface area contributed by atoms with Crippen molar-refractivity contribution >= 4 is 21.7 Å². The number of nitrogens with one attached hydrogen (secondary N) is 1. The second-order valence-electron chi connectivity index (χ2n) is 7.71. The lowest BCUT2D eigenvalue weighted by Gasteiger charge is -2.35. The second-order valence-corrected chi connectivity index (χ2v) is 9.48. The molecule has 0 unspecified atom stereocenters. The number of ether oxygens (including phenoxy) is 1. The Bertz CT molecular complexity index is 1250. The standard InChI is InChI=1S/C22H26N6O5S/c1-16-25-21(26-33-16)17-5-3-6-18(15-17)34(30,31)24-10-8-20(29)27-11-13-28(14-12-27)22-19(32-2)7-4-9-23-22/h3-7,9,15,24H,8,10-14H2,1-2H3. The highest BCUT2D eigenvalue weighted by atomic mass is 32.2. The molecule has 0 bridgehead atoms. The van der Waals surface area contributed by atoms with E-state index >= 15 is 0 Å². The number of piperazine rings is 1. The van der Waals surface area contributed by atoms with E-state index in [4.69, 9.17) is 9.26 Å². The lowest BCUT2D eigenvalue weighted by atomic mass is 10.2. The molecule has 1 aliphatic heterocycles. The molecule has 0 radical (unpaired) electrons. The average Bonchev–Trinajstić information content (AvgIpc) is 3.30. The van der Waals surface area contributed by atoms with Crippen LogP contribution in [0.3, 0.4) is 0 Å². The minimum absolute atomic E-state index is 0.000983. The average molecular weight is 487 g/mol. The third-order valence-electron chi connectivity index (χ3n) is 5.46. The Morgan fingerprint density at radius 2 is 1.97 bits per heavy atom. The number of anilines is 1. The van der Waals surface area contributed by atoms with Gasteiger partial charge in [-0.25, -0.2) is 18.1 Å². The lowest BCUT2D eigenvalue weighted by molar-refractivity contribution is -0.131. The predicted molar refractivity (Wildman–Crippen MR) is 124 cm³/mol. The van der Waals surface area contributed by atoms with E-state index in [9.17, 15) is 13.2 Å². The van der Waals surface area contributed by atoms with Crippen LogP contribution in [0.25, 0.3) is 11.4 Å². The highest BCUT2D eigenvalue weighted by Gasteiger charge is 2.24. The quantitative estimate of drug-likeness (QED) is 0.503. The number of benzene rings is 1. The molecular formula is C22H26N6O5S. The van der Waals surface area contributed by atoms with Crippen LogP contribution < -0.4 is 14.4 Å². The Labute approximate surface area is 197 Å². The van der Waals surface area contributed by atoms with E-state index in [2.05, 4.69) is 24.7 Å². The summed E-state index contributed by atoms with van der Waals surface area (Å²) < 4.78 is 38.3. The topological polar surface area (TPSA) is 131 Å². The Kier molecular flexibility index (Phi) is 7.08. The molecule has 0 saturated carbocycles. The van der Waals surface area contributed by atoms with Crippen molar-refractivity contribution in [2.45, 2.75) is 18.2 Å². The van der Waals surface area contributed by atoms with Crippen molar-refractivity contribution in [3.05, 3.63) is 48.5 Å². The lowest BCUT2D eigenvalue weighted by Crippen LogP contribution is -2.49. The summed E-state index contributed by atoms with van der Waals surface area (Å²) in [6.45, 7) is 3.95. The fourth-order valence-corrected chi connectivity index (χ4v) is 4.78. The molecule has 1 fully saturated rings. The number of rotatable bonds is 8. The summed E-state index contributed by atoms with van der Waals surface area (Å²) in [5.41, 5.74) is 0.526. The minimum atomic E-state index is -3.80. The van der Waals surface area contributed by atoms with E-state index in [1.165, 1.54) is 12.1 Å². The van der Waals surface area contributed by atoms with E-state index < -0.39 is 10.0 Å². The first-order chi connectivity index (χ1) is 16.4. The van der Waals surface area contributed by atoms with E-state index in [1.54, 1.807) is 37.3 Å². The second kappa shape index (κ2) is 10.2. The van der Waals surface area contributed by atoms with Crippen molar-refractivity contribution in [3.63, 3.8) is 0 Å². The molecule has 1 N–H and O–H groups in total. The van der Waals surface area contributed by atoms with Crippen molar-refractivity contribution in [2.75, 3.05) is 44.7 Å². The van der Waals surface area contributed by atoms with E-state index in [0.29, 0.717) is 49.2 Å². The number of methoxy groups -OCH3 is 1. The van der Waals surface area contributed by atoms with Crippen LogP contribution in [0.2, 0.25) is 0 Å². The largest absolute Gasteiger partial charge is 0.493 e. The van der Waals surface area contributed by atoms with Crippen molar-refractivity contribution in [3.8, 4) is 17.1 Å². The van der Waals surface area contributed by atoms with Crippen molar-refractivity contribution in [2.24, 2.45) is 0 Å². The van der Waals surface area contributed by atoms with Crippen LogP contribution in [-0.4, -0.2) is 74.2 Å². The number of sulfonamides is 1. The zero-order chi connectivity index (χ0) is 24.1. The summed E-state index contributed by atoms with van der Waals surface area (Å²) in [5, 5.41) is 3.81. The van der Waals surface area contributed by atoms with Gasteiger partial charge in [-0.05, 0) is 24.3 Å². The van der Waals surface area contributed by atoms with Crippen molar-refractivity contribution < 1.29 is 22.5 Å². The Morgan fingerprint density at radius 3 is 2.68 bits per heavy atom. The number of hydrogen-bond donors (Lipinski definition) is 1. The maximum Gasteiger partial charge on any atom is 0.240 e. The molecule has 0 aliphatic carbocycles. The zero-order valence-electron chi connectivity index (χ0n) is 19.0. The highest BCUT2D eigenvalue weighted by molar-refractivity contribution is 7.89. The Balaban J connectivity index is 1.29. The van der Waals surface area contributed by atoms with Gasteiger partial charge in [-0.3, -0.25) is 4.79 Å². The number of aryl methyl sites for hydroxylation is 1. The van der Waals surface area contributed by atoms with Gasteiger partial charge < -0.3 is 19.1 Å². The highest BCUT2D eigenvalue weighted by Crippen LogP contribution is 2.25. The third kappa shape index (κ3) is 5.34. The first kappa shape index (κ1) is 23.6. The normalized spacial score (nSPS) is 14.3. The minimum Gasteiger partial charge on any atom is -0.493 e. The van der Waals surface area contributed by atoms with Crippen LogP contribution in [0.5, 0.6) is 5.75 Å². The molecule has 34 heavy (non-hydrogen) atoms. The number of amides is 1. The van der Waals surface area contributed by atoms with Crippen LogP contribution in [-0.2, 0) is 14.8 Å². The number of carbonyl (C=O) groups is 1. The van der Waals surface area contributed by atoms with Crippen LogP contribution in [0.15, 0.2) is 52.0 Å². The molecule has 180 valence electrons. The molecule has 3 heterocycles. The summed E-state index contributed by atoms with van der Waals surface area (Å²) >= 11 is 0. The SMILES string of the molecule is COc1cccnc1N1CCN(C(=O)CCNS(=O)(=O)c2cccc(-c3noc(C)n3)c2)CC1. The molecule has 4 rings (SSSR count). The van der Waals surface area contributed by atoms with E-state index in [-0.39, 0.29) is 23.8 Å². The molecule has 1 aliphatic rings. The van der Waals surface area contributed by atoms with Gasteiger partial charge in [-0.2, -0.15) is 4.98 Å². The fraction of sp³-hybridized carbons (Fsp3) is 0.364. The van der Waals surface area contributed by atoms with Gasteiger partial charge in [-0.15, -0.1) is 0 Å². The van der Waals surface area contributed by atoms with E-state index in [0.717, 1.165) is 5.82 Å². The van der Waals surface area contributed by atoms with Crippen LogP contribution in [0, 0.1) is 6.92 Å². The van der Waals surface area contributed by atoms with Gasteiger partial charge in [0.25, 0.3) is 0 Å². The molecule has 12 heteroatoms. The molecule has 11 nitrogen and oxygen atoms in total. The first-order valence-corrected chi connectivity index (χ1v) is 12.3. The molecule has 0 spiro atoms. The van der Waals surface area contributed by atoms with Crippen molar-refractivity contribution in [1.82, 2.24) is 24.7 Å². The molecule has 2 aromatic heterocycles.